The van der Waals surface area contributed by atoms with Crippen LogP contribution in [0.1, 0.15) is 40.1 Å². The summed E-state index contributed by atoms with van der Waals surface area (Å²) in [5.41, 5.74) is 7.00. The predicted molar refractivity (Wildman–Crippen MR) is 135 cm³/mol. The van der Waals surface area contributed by atoms with Crippen LogP contribution in [0.3, 0.4) is 0 Å². The van der Waals surface area contributed by atoms with Crippen molar-refractivity contribution in [1.29, 1.82) is 0 Å². The molecule has 0 fully saturated rings. The first kappa shape index (κ1) is 22.8. The van der Waals surface area contributed by atoms with Crippen molar-refractivity contribution in [2.45, 2.75) is 40.8 Å². The Morgan fingerprint density at radius 1 is 1.03 bits per heavy atom. The fraction of sp³-hybridized carbons (Fsp3) is 0.240. The molecule has 0 aliphatic rings. The molecule has 1 aromatic carbocycles. The second kappa shape index (κ2) is 8.99. The lowest BCUT2D eigenvalue weighted by molar-refractivity contribution is 0.102. The average Bonchev–Trinajstić information content (AvgIpc) is 3.52. The minimum absolute atomic E-state index is 0.273. The SMILES string of the molecule is CCn1ncc(-c2ccnc3cc(C(=O)Nc4c(C)nn(Cc5ccc(Cl)cc5)c4C)nn23)c1C. The Morgan fingerprint density at radius 2 is 1.80 bits per heavy atom. The molecular formula is C25H25ClN8O. The van der Waals surface area contributed by atoms with E-state index in [9.17, 15) is 4.79 Å². The maximum atomic E-state index is 13.2. The molecule has 1 N–H and O–H groups in total. The van der Waals surface area contributed by atoms with Crippen molar-refractivity contribution in [3.05, 3.63) is 82.2 Å². The van der Waals surface area contributed by atoms with Crippen LogP contribution in [-0.2, 0) is 13.1 Å². The first-order valence-corrected chi connectivity index (χ1v) is 11.7. The van der Waals surface area contributed by atoms with Crippen molar-refractivity contribution >= 4 is 28.8 Å². The number of aromatic nitrogens is 7. The first-order valence-electron chi connectivity index (χ1n) is 11.3. The van der Waals surface area contributed by atoms with Gasteiger partial charge < -0.3 is 5.32 Å². The highest BCUT2D eigenvalue weighted by Crippen LogP contribution is 2.25. The summed E-state index contributed by atoms with van der Waals surface area (Å²) >= 11 is 5.99. The summed E-state index contributed by atoms with van der Waals surface area (Å²) in [6, 6.07) is 11.2. The van der Waals surface area contributed by atoms with Crippen molar-refractivity contribution in [3.8, 4) is 11.3 Å². The Labute approximate surface area is 207 Å². The molecule has 0 saturated carbocycles. The minimum atomic E-state index is -0.320. The third-order valence-electron chi connectivity index (χ3n) is 6.13. The maximum absolute atomic E-state index is 13.2. The van der Waals surface area contributed by atoms with Crippen molar-refractivity contribution < 1.29 is 4.79 Å². The zero-order chi connectivity index (χ0) is 24.7. The van der Waals surface area contributed by atoms with Crippen LogP contribution in [-0.4, -0.2) is 40.1 Å². The molecule has 5 aromatic rings. The maximum Gasteiger partial charge on any atom is 0.276 e. The van der Waals surface area contributed by atoms with E-state index in [2.05, 4.69) is 25.6 Å². The van der Waals surface area contributed by atoms with Gasteiger partial charge in [0.2, 0.25) is 0 Å². The number of aryl methyl sites for hydroxylation is 2. The van der Waals surface area contributed by atoms with Gasteiger partial charge >= 0.3 is 0 Å². The second-order valence-corrected chi connectivity index (χ2v) is 8.81. The van der Waals surface area contributed by atoms with Crippen LogP contribution in [0.25, 0.3) is 16.9 Å². The molecule has 9 nitrogen and oxygen atoms in total. The zero-order valence-corrected chi connectivity index (χ0v) is 20.7. The normalized spacial score (nSPS) is 11.3. The number of anilines is 1. The number of amides is 1. The fourth-order valence-corrected chi connectivity index (χ4v) is 4.33. The molecule has 10 heteroatoms. The predicted octanol–water partition coefficient (Wildman–Crippen LogP) is 4.69. The molecule has 0 aliphatic carbocycles. The van der Waals surface area contributed by atoms with E-state index in [1.165, 1.54) is 0 Å². The van der Waals surface area contributed by atoms with Gasteiger partial charge in [-0.1, -0.05) is 23.7 Å². The highest BCUT2D eigenvalue weighted by molar-refractivity contribution is 6.30. The monoisotopic (exact) mass is 488 g/mol. The Balaban J connectivity index is 1.43. The number of carbonyl (C=O) groups is 1. The summed E-state index contributed by atoms with van der Waals surface area (Å²) in [6.07, 6.45) is 3.53. The zero-order valence-electron chi connectivity index (χ0n) is 19.9. The molecule has 1 amide bonds. The average molecular weight is 489 g/mol. The number of benzene rings is 1. The highest BCUT2D eigenvalue weighted by Gasteiger charge is 2.20. The molecule has 0 saturated heterocycles. The summed E-state index contributed by atoms with van der Waals surface area (Å²) in [4.78, 5) is 17.6. The van der Waals surface area contributed by atoms with Gasteiger partial charge in [-0.25, -0.2) is 9.50 Å². The van der Waals surface area contributed by atoms with E-state index in [-0.39, 0.29) is 11.6 Å². The van der Waals surface area contributed by atoms with Crippen LogP contribution < -0.4 is 5.32 Å². The summed E-state index contributed by atoms with van der Waals surface area (Å²) in [6.45, 7) is 9.22. The summed E-state index contributed by atoms with van der Waals surface area (Å²) in [5, 5.41) is 17.3. The highest BCUT2D eigenvalue weighted by atomic mass is 35.5. The minimum Gasteiger partial charge on any atom is -0.317 e. The number of carbonyl (C=O) groups excluding carboxylic acids is 1. The lowest BCUT2D eigenvalue weighted by atomic mass is 10.2. The van der Waals surface area contributed by atoms with E-state index in [1.54, 1.807) is 16.8 Å². The number of hydrogen-bond acceptors (Lipinski definition) is 5. The number of rotatable bonds is 6. The second-order valence-electron chi connectivity index (χ2n) is 8.37. The quantitative estimate of drug-likeness (QED) is 0.374. The third-order valence-corrected chi connectivity index (χ3v) is 6.39. The van der Waals surface area contributed by atoms with Crippen LogP contribution in [0.5, 0.6) is 0 Å². The number of nitrogens with one attached hydrogen (secondary N) is 1. The number of hydrogen-bond donors (Lipinski definition) is 1. The molecule has 5 rings (SSSR count). The number of fused-ring (bicyclic) bond motifs is 1. The fourth-order valence-electron chi connectivity index (χ4n) is 4.20. The van der Waals surface area contributed by atoms with Crippen molar-refractivity contribution in [3.63, 3.8) is 0 Å². The molecule has 35 heavy (non-hydrogen) atoms. The van der Waals surface area contributed by atoms with E-state index in [4.69, 9.17) is 11.6 Å². The number of nitrogens with zero attached hydrogens (tertiary/aromatic N) is 7. The molecule has 0 spiro atoms. The van der Waals surface area contributed by atoms with E-state index in [0.717, 1.165) is 40.4 Å². The molecule has 0 aliphatic heterocycles. The lowest BCUT2D eigenvalue weighted by Crippen LogP contribution is -2.14. The summed E-state index contributed by atoms with van der Waals surface area (Å²) in [5.74, 6) is -0.320. The van der Waals surface area contributed by atoms with Crippen molar-refractivity contribution in [2.75, 3.05) is 5.32 Å². The molecule has 4 heterocycles. The molecule has 0 atom stereocenters. The van der Waals surface area contributed by atoms with Crippen molar-refractivity contribution in [1.82, 2.24) is 34.2 Å². The van der Waals surface area contributed by atoms with Crippen LogP contribution in [0, 0.1) is 20.8 Å². The van der Waals surface area contributed by atoms with Gasteiger partial charge in [-0.2, -0.15) is 15.3 Å². The van der Waals surface area contributed by atoms with E-state index in [0.29, 0.717) is 22.9 Å². The van der Waals surface area contributed by atoms with Crippen molar-refractivity contribution in [2.24, 2.45) is 0 Å². The summed E-state index contributed by atoms with van der Waals surface area (Å²) < 4.78 is 5.47. The van der Waals surface area contributed by atoms with Gasteiger partial charge in [-0.05, 0) is 51.5 Å². The van der Waals surface area contributed by atoms with Gasteiger partial charge in [0, 0.05) is 35.1 Å². The first-order chi connectivity index (χ1) is 16.9. The van der Waals surface area contributed by atoms with Gasteiger partial charge in [0.05, 0.1) is 35.5 Å². The molecule has 0 radical (unpaired) electrons. The van der Waals surface area contributed by atoms with Gasteiger partial charge in [0.25, 0.3) is 5.91 Å². The third kappa shape index (κ3) is 4.19. The van der Waals surface area contributed by atoms with Crippen LogP contribution in [0.4, 0.5) is 5.69 Å². The molecule has 178 valence electrons. The van der Waals surface area contributed by atoms with Gasteiger partial charge in [-0.15, -0.1) is 0 Å². The van der Waals surface area contributed by atoms with Gasteiger partial charge in [0.15, 0.2) is 11.3 Å². The van der Waals surface area contributed by atoms with E-state index >= 15 is 0 Å². The number of halogens is 1. The largest absolute Gasteiger partial charge is 0.317 e. The standard InChI is InChI=1S/C25H25ClN8O/c1-5-32-16(3)20(13-28-32)22-10-11-27-23-12-21(31-34(22)23)25(35)29-24-15(2)30-33(17(24)4)14-18-6-8-19(26)9-7-18/h6-13H,5,14H2,1-4H3,(H,29,35). The lowest BCUT2D eigenvalue weighted by Gasteiger charge is -2.07. The molecule has 0 bridgehead atoms. The van der Waals surface area contributed by atoms with E-state index in [1.807, 2.05) is 73.6 Å². The molecule has 4 aromatic heterocycles. The van der Waals surface area contributed by atoms with Crippen LogP contribution in [0.15, 0.2) is 48.8 Å². The van der Waals surface area contributed by atoms with Gasteiger partial charge in [-0.3, -0.25) is 14.2 Å². The Bertz CT molecular complexity index is 1540. The Hall–Kier alpha value is -3.98. The topological polar surface area (TPSA) is 94.9 Å². The summed E-state index contributed by atoms with van der Waals surface area (Å²) in [7, 11) is 0. The molecular weight excluding hydrogens is 464 g/mol. The molecule has 0 unspecified atom stereocenters. The van der Waals surface area contributed by atoms with Gasteiger partial charge in [0.1, 0.15) is 0 Å². The smallest absolute Gasteiger partial charge is 0.276 e. The van der Waals surface area contributed by atoms with Crippen LogP contribution in [0.2, 0.25) is 5.02 Å². The van der Waals surface area contributed by atoms with E-state index < -0.39 is 0 Å². The Kier molecular flexibility index (Phi) is 5.86. The Morgan fingerprint density at radius 3 is 2.51 bits per heavy atom. The van der Waals surface area contributed by atoms with Crippen LogP contribution >= 0.6 is 11.6 Å².